The average molecular weight is 322 g/mol. The van der Waals surface area contributed by atoms with Crippen LogP contribution in [0.5, 0.6) is 0 Å². The van der Waals surface area contributed by atoms with E-state index in [1.165, 1.54) is 17.4 Å². The van der Waals surface area contributed by atoms with Gasteiger partial charge in [-0.3, -0.25) is 19.1 Å². The molecule has 108 valence electrons. The second kappa shape index (κ2) is 5.83. The number of thiazole rings is 1. The van der Waals surface area contributed by atoms with Crippen molar-refractivity contribution < 1.29 is 4.79 Å². The number of amides is 1. The molecule has 0 spiro atoms. The molecule has 1 N–H and O–H groups in total. The molecule has 1 aromatic carbocycles. The number of rotatable bonds is 2. The smallest absolute Gasteiger partial charge is 0.270 e. The van der Waals surface area contributed by atoms with Crippen LogP contribution >= 0.6 is 22.9 Å². The normalized spacial score (nSPS) is 14.4. The highest BCUT2D eigenvalue weighted by atomic mass is 35.5. The monoisotopic (exact) mass is 321 g/mol. The van der Waals surface area contributed by atoms with Gasteiger partial charge >= 0.3 is 0 Å². The number of hydrogen-bond acceptors (Lipinski definition) is 4. The highest BCUT2D eigenvalue weighted by Gasteiger charge is 2.09. The fourth-order valence-corrected chi connectivity index (χ4v) is 3.28. The van der Waals surface area contributed by atoms with Gasteiger partial charge in [0, 0.05) is 29.9 Å². The van der Waals surface area contributed by atoms with Gasteiger partial charge in [-0.2, -0.15) is 0 Å². The third-order valence-electron chi connectivity index (χ3n) is 3.03. The zero-order chi connectivity index (χ0) is 14.8. The van der Waals surface area contributed by atoms with E-state index in [-0.39, 0.29) is 11.5 Å². The summed E-state index contributed by atoms with van der Waals surface area (Å²) in [5.74, 6) is -0.353. The predicted octanol–water partition coefficient (Wildman–Crippen LogP) is 1.01. The lowest BCUT2D eigenvalue weighted by Gasteiger charge is -2.03. The number of aromatic nitrogens is 1. The van der Waals surface area contributed by atoms with E-state index in [1.807, 2.05) is 0 Å². The maximum atomic E-state index is 12.1. The molecule has 0 unspecified atom stereocenters. The quantitative estimate of drug-likeness (QED) is 0.897. The van der Waals surface area contributed by atoms with Crippen molar-refractivity contribution in [1.29, 1.82) is 0 Å². The molecule has 3 rings (SSSR count). The molecule has 0 saturated heterocycles. The zero-order valence-corrected chi connectivity index (χ0v) is 12.6. The van der Waals surface area contributed by atoms with Crippen molar-refractivity contribution in [3.05, 3.63) is 49.0 Å². The van der Waals surface area contributed by atoms with Gasteiger partial charge in [0.05, 0.1) is 0 Å². The first-order valence-electron chi connectivity index (χ1n) is 6.46. The number of hydrogen-bond donors (Lipinski definition) is 1. The first kappa shape index (κ1) is 14.0. The van der Waals surface area contributed by atoms with Crippen LogP contribution in [0.15, 0.2) is 34.1 Å². The topological polar surface area (TPSA) is 63.5 Å². The summed E-state index contributed by atoms with van der Waals surface area (Å²) >= 11 is 7.10. The number of anilines is 1. The summed E-state index contributed by atoms with van der Waals surface area (Å²) in [5.41, 5.74) is 0.439. The van der Waals surface area contributed by atoms with Crippen LogP contribution in [0.1, 0.15) is 6.42 Å². The van der Waals surface area contributed by atoms with Crippen LogP contribution < -0.4 is 20.2 Å². The number of nitrogens with zero attached hydrogens (tertiary/aromatic N) is 2. The van der Waals surface area contributed by atoms with E-state index in [9.17, 15) is 9.59 Å². The van der Waals surface area contributed by atoms with E-state index in [1.54, 1.807) is 28.8 Å². The Bertz CT molecular complexity index is 869. The molecule has 5 nitrogen and oxygen atoms in total. The summed E-state index contributed by atoms with van der Waals surface area (Å²) in [5, 5.41) is 3.23. The van der Waals surface area contributed by atoms with Crippen LogP contribution in [0.2, 0.25) is 5.02 Å². The molecule has 0 fully saturated rings. The molecular weight excluding hydrogens is 310 g/mol. The summed E-state index contributed by atoms with van der Waals surface area (Å²) in [4.78, 5) is 29.1. The van der Waals surface area contributed by atoms with Crippen molar-refractivity contribution in [2.75, 3.05) is 11.9 Å². The molecule has 2 aromatic rings. The van der Waals surface area contributed by atoms with Gasteiger partial charge in [-0.1, -0.05) is 29.0 Å². The second-order valence-corrected chi connectivity index (χ2v) is 6.03. The standard InChI is InChI=1S/C14H12ClN3O2S/c15-9-3-1-4-10(7-9)17-12(19)8-11-13(20)18-6-2-5-16-14(18)21-11/h1,3-4,7-8H,2,5-6H2,(H,17,19). The van der Waals surface area contributed by atoms with E-state index < -0.39 is 0 Å². The van der Waals surface area contributed by atoms with E-state index >= 15 is 0 Å². The molecule has 0 bridgehead atoms. The minimum Gasteiger partial charge on any atom is -0.322 e. The third-order valence-corrected chi connectivity index (χ3v) is 4.31. The molecule has 0 atom stereocenters. The van der Waals surface area contributed by atoms with Crippen molar-refractivity contribution in [3.63, 3.8) is 0 Å². The lowest BCUT2D eigenvalue weighted by Crippen LogP contribution is -2.34. The van der Waals surface area contributed by atoms with Crippen molar-refractivity contribution in [2.24, 2.45) is 4.99 Å². The minimum atomic E-state index is -0.353. The van der Waals surface area contributed by atoms with E-state index in [2.05, 4.69) is 10.3 Å². The fraction of sp³-hybridized carbons (Fsp3) is 0.214. The Morgan fingerprint density at radius 2 is 2.33 bits per heavy atom. The fourth-order valence-electron chi connectivity index (χ4n) is 2.09. The number of carbonyl (C=O) groups excluding carboxylic acids is 1. The maximum absolute atomic E-state index is 12.1. The van der Waals surface area contributed by atoms with E-state index in [0.717, 1.165) is 13.0 Å². The van der Waals surface area contributed by atoms with Crippen LogP contribution in [0.4, 0.5) is 5.69 Å². The Labute approximate surface area is 129 Å². The van der Waals surface area contributed by atoms with Gasteiger partial charge in [0.25, 0.3) is 5.56 Å². The first-order valence-corrected chi connectivity index (χ1v) is 7.65. The van der Waals surface area contributed by atoms with Crippen LogP contribution in [-0.2, 0) is 11.3 Å². The Morgan fingerprint density at radius 1 is 1.48 bits per heavy atom. The highest BCUT2D eigenvalue weighted by Crippen LogP contribution is 2.14. The van der Waals surface area contributed by atoms with Crippen LogP contribution in [0, 0.1) is 0 Å². The summed E-state index contributed by atoms with van der Waals surface area (Å²) in [6, 6.07) is 6.85. The Kier molecular flexibility index (Phi) is 3.90. The zero-order valence-electron chi connectivity index (χ0n) is 11.0. The number of benzene rings is 1. The Balaban J connectivity index is 1.90. The van der Waals surface area contributed by atoms with Crippen LogP contribution in [-0.4, -0.2) is 17.0 Å². The Morgan fingerprint density at radius 3 is 3.10 bits per heavy atom. The predicted molar refractivity (Wildman–Crippen MR) is 83.4 cm³/mol. The molecule has 0 aliphatic carbocycles. The number of fused-ring (bicyclic) bond motifs is 1. The van der Waals surface area contributed by atoms with Gasteiger partial charge in [-0.25, -0.2) is 0 Å². The Hall–Kier alpha value is -1.92. The first-order chi connectivity index (χ1) is 10.1. The van der Waals surface area contributed by atoms with Gasteiger partial charge in [0.15, 0.2) is 4.80 Å². The number of carbonyl (C=O) groups is 1. The number of nitrogens with one attached hydrogen (secondary N) is 1. The van der Waals surface area contributed by atoms with Gasteiger partial charge in [0.1, 0.15) is 4.53 Å². The number of halogens is 1. The van der Waals surface area contributed by atoms with Crippen LogP contribution in [0.25, 0.3) is 6.08 Å². The summed E-state index contributed by atoms with van der Waals surface area (Å²) in [7, 11) is 0. The molecule has 21 heavy (non-hydrogen) atoms. The summed E-state index contributed by atoms with van der Waals surface area (Å²) < 4.78 is 2.02. The third kappa shape index (κ3) is 3.06. The SMILES string of the molecule is O=C(C=c1sc2n(c1=O)CCCN=2)Nc1cccc(Cl)c1. The van der Waals surface area contributed by atoms with Gasteiger partial charge in [0.2, 0.25) is 5.91 Å². The van der Waals surface area contributed by atoms with Crippen molar-refractivity contribution in [3.8, 4) is 0 Å². The molecule has 1 aromatic heterocycles. The molecular formula is C14H12ClN3O2S. The molecule has 1 amide bonds. The molecule has 0 radical (unpaired) electrons. The molecule has 2 heterocycles. The lowest BCUT2D eigenvalue weighted by molar-refractivity contribution is -0.110. The molecule has 1 aliphatic heterocycles. The lowest BCUT2D eigenvalue weighted by atomic mass is 10.3. The van der Waals surface area contributed by atoms with Crippen molar-refractivity contribution in [1.82, 2.24) is 4.57 Å². The van der Waals surface area contributed by atoms with Gasteiger partial charge in [-0.05, 0) is 24.6 Å². The van der Waals surface area contributed by atoms with Gasteiger partial charge in [-0.15, -0.1) is 0 Å². The van der Waals surface area contributed by atoms with Crippen molar-refractivity contribution >= 4 is 40.6 Å². The largest absolute Gasteiger partial charge is 0.322 e. The van der Waals surface area contributed by atoms with Gasteiger partial charge < -0.3 is 5.32 Å². The summed E-state index contributed by atoms with van der Waals surface area (Å²) in [6.07, 6.45) is 2.17. The average Bonchev–Trinajstić information content (AvgIpc) is 2.76. The highest BCUT2D eigenvalue weighted by molar-refractivity contribution is 7.07. The van der Waals surface area contributed by atoms with Crippen molar-refractivity contribution in [2.45, 2.75) is 13.0 Å². The maximum Gasteiger partial charge on any atom is 0.270 e. The molecule has 1 aliphatic rings. The molecule has 7 heteroatoms. The molecule has 0 saturated carbocycles. The van der Waals surface area contributed by atoms with E-state index in [4.69, 9.17) is 11.6 Å². The van der Waals surface area contributed by atoms with E-state index in [0.29, 0.717) is 26.6 Å². The minimum absolute atomic E-state index is 0.153. The summed E-state index contributed by atoms with van der Waals surface area (Å²) in [6.45, 7) is 1.39. The second-order valence-electron chi connectivity index (χ2n) is 4.58. The van der Waals surface area contributed by atoms with Crippen LogP contribution in [0.3, 0.4) is 0 Å².